The van der Waals surface area contributed by atoms with Crippen LogP contribution in [0.15, 0.2) is 72.8 Å². The monoisotopic (exact) mass is 715 g/mol. The summed E-state index contributed by atoms with van der Waals surface area (Å²) >= 11 is 0. The minimum absolute atomic E-state index is 0.0881. The van der Waals surface area contributed by atoms with Crippen LogP contribution in [-0.4, -0.2) is 54.5 Å². The minimum atomic E-state index is -0.357. The number of fused-ring (bicyclic) bond motifs is 4. The van der Waals surface area contributed by atoms with E-state index in [-0.39, 0.29) is 57.4 Å². The van der Waals surface area contributed by atoms with Crippen molar-refractivity contribution in [2.45, 2.75) is 94.6 Å². The summed E-state index contributed by atoms with van der Waals surface area (Å²) in [6.07, 6.45) is 18.1. The van der Waals surface area contributed by atoms with Crippen LogP contribution in [0.1, 0.15) is 79.2 Å². The van der Waals surface area contributed by atoms with Crippen LogP contribution in [-0.2, 0) is 24.1 Å². The van der Waals surface area contributed by atoms with Crippen LogP contribution in [0.25, 0.3) is 22.9 Å². The molecule has 8 atom stereocenters. The van der Waals surface area contributed by atoms with Crippen molar-refractivity contribution in [1.82, 2.24) is 5.32 Å². The van der Waals surface area contributed by atoms with Gasteiger partial charge in [-0.25, -0.2) is 0 Å². The molecule has 0 radical (unpaired) electrons. The number of nitrogens with one attached hydrogen (secondary N) is 1. The molecule has 9 rings (SSSR count). The van der Waals surface area contributed by atoms with E-state index in [9.17, 15) is 30.6 Å². The van der Waals surface area contributed by atoms with Crippen molar-refractivity contribution < 1.29 is 35.4 Å². The molecule has 2 heterocycles. The Hall–Kier alpha value is -4.50. The van der Waals surface area contributed by atoms with E-state index < -0.39 is 0 Å². The second-order valence-electron chi connectivity index (χ2n) is 16.5. The molecule has 8 unspecified atom stereocenters. The maximum Gasteiger partial charge on any atom is 0.169 e. The van der Waals surface area contributed by atoms with Crippen molar-refractivity contribution in [1.29, 1.82) is 0 Å². The zero-order chi connectivity index (χ0) is 36.5. The Balaban J connectivity index is 0.917. The zero-order valence-corrected chi connectivity index (χ0v) is 29.9. The highest BCUT2D eigenvalue weighted by molar-refractivity contribution is 6.03. The number of phenolic OH excluding ortho intramolecular Hbond substituents is 5. The molecule has 4 aromatic carbocycles. The summed E-state index contributed by atoms with van der Waals surface area (Å²) in [4.78, 5) is 0. The maximum absolute atomic E-state index is 11.2. The first-order chi connectivity index (χ1) is 25.6. The Morgan fingerprint density at radius 3 is 2.34 bits per heavy atom. The van der Waals surface area contributed by atoms with Gasteiger partial charge in [0, 0.05) is 29.5 Å². The van der Waals surface area contributed by atoms with Gasteiger partial charge in [0.05, 0.1) is 23.2 Å². The molecule has 2 saturated heterocycles. The average Bonchev–Trinajstić information content (AvgIpc) is 3.55. The van der Waals surface area contributed by atoms with E-state index >= 15 is 0 Å². The summed E-state index contributed by atoms with van der Waals surface area (Å²) in [5.41, 5.74) is 4.07. The van der Waals surface area contributed by atoms with Crippen LogP contribution in [0.4, 0.5) is 0 Å². The predicted octanol–water partition coefficient (Wildman–Crippen LogP) is 7.85. The highest BCUT2D eigenvalue weighted by atomic mass is 16.5. The fourth-order valence-corrected chi connectivity index (χ4v) is 11.1. The third kappa shape index (κ3) is 5.77. The van der Waals surface area contributed by atoms with Gasteiger partial charge in [0.2, 0.25) is 0 Å². The van der Waals surface area contributed by atoms with E-state index in [1.54, 1.807) is 30.4 Å². The van der Waals surface area contributed by atoms with E-state index in [0.717, 1.165) is 50.6 Å². The first-order valence-electron chi connectivity index (χ1n) is 19.4. The Morgan fingerprint density at radius 1 is 0.755 bits per heavy atom. The molecule has 4 aromatic rings. The summed E-state index contributed by atoms with van der Waals surface area (Å²) in [5, 5.41) is 68.0. The van der Waals surface area contributed by atoms with Crippen LogP contribution in [0.3, 0.4) is 0 Å². The van der Waals surface area contributed by atoms with Gasteiger partial charge in [0.25, 0.3) is 0 Å². The Kier molecular flexibility index (Phi) is 8.48. The largest absolute Gasteiger partial charge is 0.507 e. The Labute approximate surface area is 310 Å². The average molecular weight is 716 g/mol. The van der Waals surface area contributed by atoms with Gasteiger partial charge in [0.15, 0.2) is 23.0 Å². The van der Waals surface area contributed by atoms with Gasteiger partial charge in [-0.05, 0) is 122 Å². The number of phenols is 5. The lowest BCUT2D eigenvalue weighted by molar-refractivity contribution is -0.291. The van der Waals surface area contributed by atoms with Crippen LogP contribution < -0.4 is 5.32 Å². The van der Waals surface area contributed by atoms with Crippen LogP contribution in [0.2, 0.25) is 0 Å². The van der Waals surface area contributed by atoms with E-state index in [1.807, 2.05) is 0 Å². The molecule has 4 bridgehead atoms. The van der Waals surface area contributed by atoms with Crippen molar-refractivity contribution in [3.8, 4) is 28.7 Å². The van der Waals surface area contributed by atoms with Gasteiger partial charge in [-0.3, -0.25) is 0 Å². The minimum Gasteiger partial charge on any atom is -0.507 e. The Morgan fingerprint density at radius 2 is 1.55 bits per heavy atom. The van der Waals surface area contributed by atoms with Gasteiger partial charge in [0.1, 0.15) is 5.75 Å². The van der Waals surface area contributed by atoms with Gasteiger partial charge in [-0.1, -0.05) is 66.8 Å². The quantitative estimate of drug-likeness (QED) is 0.0556. The highest BCUT2D eigenvalue weighted by Crippen LogP contribution is 2.67. The lowest BCUT2D eigenvalue weighted by Crippen LogP contribution is -2.69. The van der Waals surface area contributed by atoms with Crippen LogP contribution in [0, 0.1) is 23.2 Å². The number of hydrogen-bond donors (Lipinski definition) is 7. The third-order valence-corrected chi connectivity index (χ3v) is 13.7. The van der Waals surface area contributed by atoms with E-state index in [1.165, 1.54) is 36.6 Å². The lowest BCUT2D eigenvalue weighted by Gasteiger charge is -2.67. The molecule has 7 N–H and O–H groups in total. The number of hydrogen-bond acceptors (Lipinski definition) is 8. The number of ether oxygens (including phenoxy) is 1. The van der Waals surface area contributed by atoms with E-state index in [2.05, 4.69) is 41.7 Å². The first-order valence-corrected chi connectivity index (χ1v) is 19.4. The van der Waals surface area contributed by atoms with Crippen molar-refractivity contribution in [2.75, 3.05) is 0 Å². The van der Waals surface area contributed by atoms with Gasteiger partial charge in [-0.2, -0.15) is 0 Å². The second kappa shape index (κ2) is 13.1. The molecule has 2 saturated carbocycles. The zero-order valence-electron chi connectivity index (χ0n) is 29.9. The molecule has 8 heteroatoms. The molecule has 2 spiro atoms. The topological polar surface area (TPSA) is 143 Å². The van der Waals surface area contributed by atoms with Crippen LogP contribution in [0.5, 0.6) is 28.7 Å². The molecule has 53 heavy (non-hydrogen) atoms. The second-order valence-corrected chi connectivity index (χ2v) is 16.5. The van der Waals surface area contributed by atoms with Gasteiger partial charge >= 0.3 is 0 Å². The molecule has 5 aliphatic rings. The third-order valence-electron chi connectivity index (χ3n) is 13.7. The smallest absolute Gasteiger partial charge is 0.169 e. The molecular formula is C45H49NO7. The summed E-state index contributed by atoms with van der Waals surface area (Å²) < 4.78 is 7.22. The fraction of sp³-hybridized carbons (Fsp3) is 0.422. The van der Waals surface area contributed by atoms with E-state index in [4.69, 9.17) is 4.74 Å². The molecule has 3 aliphatic carbocycles. The number of aromatic hydroxyl groups is 5. The standard InChI is InChI=1S/C45H49NO7/c47-32-17-19-44(24-32)18-16-29-11-12-30-21-36(29)45(44)23-31(22-40(30)53-45)46-25-28-6-4-26(5-7-28)8-14-35-33(13-9-27-10-15-37(48)39(50)20-27)34-2-1-3-38(49)41(34)43(52)42(35)51/h1-7,9-13,15,20,29-32,36,40,46-52H,8,14,16-19,21-25H2. The number of aryl methyl sites for hydroxylation is 1. The van der Waals surface area contributed by atoms with Crippen molar-refractivity contribution in [3.63, 3.8) is 0 Å². The van der Waals surface area contributed by atoms with Crippen molar-refractivity contribution in [3.05, 3.63) is 101 Å². The summed E-state index contributed by atoms with van der Waals surface area (Å²) in [6, 6.07) is 18.4. The van der Waals surface area contributed by atoms with Crippen molar-refractivity contribution >= 4 is 22.9 Å². The number of allylic oxidation sites excluding steroid dienone is 1. The Bertz CT molecular complexity index is 2110. The number of aliphatic hydroxyl groups excluding tert-OH is 1. The summed E-state index contributed by atoms with van der Waals surface area (Å²) in [7, 11) is 0. The fourth-order valence-electron chi connectivity index (χ4n) is 11.1. The van der Waals surface area contributed by atoms with Gasteiger partial charge < -0.3 is 40.7 Å². The molecule has 8 nitrogen and oxygen atoms in total. The van der Waals surface area contributed by atoms with Crippen molar-refractivity contribution in [2.24, 2.45) is 23.2 Å². The molecule has 2 aliphatic heterocycles. The number of aliphatic hydroxyl groups is 1. The van der Waals surface area contributed by atoms with Crippen LogP contribution >= 0.6 is 0 Å². The maximum atomic E-state index is 11.2. The molecule has 0 aromatic heterocycles. The highest BCUT2D eigenvalue weighted by Gasteiger charge is 2.67. The van der Waals surface area contributed by atoms with E-state index in [0.29, 0.717) is 58.7 Å². The summed E-state index contributed by atoms with van der Waals surface area (Å²) in [6.45, 7) is 0.766. The lowest BCUT2D eigenvalue weighted by atomic mass is 9.47. The molecule has 0 amide bonds. The molecule has 4 fully saturated rings. The number of rotatable bonds is 8. The SMILES string of the molecule is Oc1ccc(C=Cc2c(CCc3ccc(CNC4CC5OC6(C4)C4CC5C=CC4CCC64CCC(O)C4)cc3)c(O)c(O)c3c(O)cccc23)cc1O. The normalized spacial score (nSPS) is 31.5. The molecular weight excluding hydrogens is 666 g/mol. The predicted molar refractivity (Wildman–Crippen MR) is 205 cm³/mol. The molecule has 276 valence electrons. The van der Waals surface area contributed by atoms with Gasteiger partial charge in [-0.15, -0.1) is 0 Å². The number of benzene rings is 4. The first kappa shape index (κ1) is 34.3. The summed E-state index contributed by atoms with van der Waals surface area (Å²) in [5.74, 6) is 0.410.